The first-order chi connectivity index (χ1) is 7.61. The summed E-state index contributed by atoms with van der Waals surface area (Å²) in [6, 6.07) is 6.24. The number of ether oxygens (including phenoxy) is 1. The maximum absolute atomic E-state index is 5.67. The number of hydrogen-bond acceptors (Lipinski definition) is 2. The molecule has 0 aliphatic rings. The van der Waals surface area contributed by atoms with Crippen molar-refractivity contribution in [1.82, 2.24) is 4.90 Å². The molecule has 0 fully saturated rings. The molecule has 2 nitrogen and oxygen atoms in total. The van der Waals surface area contributed by atoms with Crippen LogP contribution < -0.4 is 4.74 Å². The molecule has 0 bridgehead atoms. The molecule has 1 aromatic carbocycles. The van der Waals surface area contributed by atoms with Gasteiger partial charge in [-0.2, -0.15) is 0 Å². The lowest BCUT2D eigenvalue weighted by molar-refractivity contribution is 0.251. The largest absolute Gasteiger partial charge is 0.492 e. The second-order valence-corrected chi connectivity index (χ2v) is 4.11. The number of likely N-dealkylation sites (N-methyl/N-ethyl adjacent to an activating group) is 1. The molecule has 0 aliphatic heterocycles. The van der Waals surface area contributed by atoms with Crippen LogP contribution in [0.2, 0.25) is 0 Å². The highest BCUT2D eigenvalue weighted by Gasteiger charge is 1.99. The van der Waals surface area contributed by atoms with E-state index in [0.717, 1.165) is 12.3 Å². The molecule has 0 unspecified atom stereocenters. The van der Waals surface area contributed by atoms with Crippen LogP contribution in [-0.2, 0) is 0 Å². The molecule has 16 heavy (non-hydrogen) atoms. The van der Waals surface area contributed by atoms with E-state index in [4.69, 9.17) is 11.2 Å². The Balaban J connectivity index is 2.40. The lowest BCUT2D eigenvalue weighted by atomic mass is 10.1. The second kappa shape index (κ2) is 6.19. The fourth-order valence-electron chi connectivity index (χ4n) is 1.57. The molecule has 1 aromatic rings. The maximum atomic E-state index is 5.67. The molecule has 0 radical (unpaired) electrons. The first kappa shape index (κ1) is 12.6. The van der Waals surface area contributed by atoms with Crippen LogP contribution in [0.4, 0.5) is 0 Å². The molecule has 0 saturated heterocycles. The molecule has 0 heterocycles. The van der Waals surface area contributed by atoms with E-state index in [2.05, 4.69) is 30.7 Å². The number of benzene rings is 1. The second-order valence-electron chi connectivity index (χ2n) is 4.11. The Hall–Kier alpha value is -1.46. The topological polar surface area (TPSA) is 12.5 Å². The highest BCUT2D eigenvalue weighted by molar-refractivity contribution is 5.32. The zero-order chi connectivity index (χ0) is 12.0. The highest BCUT2D eigenvalue weighted by atomic mass is 16.5. The first-order valence-corrected chi connectivity index (χ1v) is 5.45. The standard InChI is InChI=1S/C14H19NO/c1-5-6-15(4)7-8-16-14-10-12(2)9-13(3)11-14/h1,9-11H,6-8H2,2-4H3. The Kier molecular flexibility index (Phi) is 4.88. The van der Waals surface area contributed by atoms with E-state index in [1.807, 2.05) is 19.2 Å². The zero-order valence-electron chi connectivity index (χ0n) is 10.3. The van der Waals surface area contributed by atoms with Gasteiger partial charge in [-0.3, -0.25) is 4.90 Å². The summed E-state index contributed by atoms with van der Waals surface area (Å²) in [6.45, 7) is 6.32. The Morgan fingerprint density at radius 3 is 2.44 bits per heavy atom. The summed E-state index contributed by atoms with van der Waals surface area (Å²) in [7, 11) is 1.99. The van der Waals surface area contributed by atoms with Crippen LogP contribution in [0.15, 0.2) is 18.2 Å². The van der Waals surface area contributed by atoms with Crippen molar-refractivity contribution in [2.75, 3.05) is 26.7 Å². The smallest absolute Gasteiger partial charge is 0.119 e. The van der Waals surface area contributed by atoms with Gasteiger partial charge in [-0.25, -0.2) is 0 Å². The van der Waals surface area contributed by atoms with Gasteiger partial charge in [0, 0.05) is 6.54 Å². The van der Waals surface area contributed by atoms with Gasteiger partial charge in [0.05, 0.1) is 6.54 Å². The van der Waals surface area contributed by atoms with Crippen LogP contribution in [0.5, 0.6) is 5.75 Å². The average Bonchev–Trinajstić information content (AvgIpc) is 2.16. The monoisotopic (exact) mass is 217 g/mol. The van der Waals surface area contributed by atoms with E-state index in [-0.39, 0.29) is 0 Å². The van der Waals surface area contributed by atoms with Gasteiger partial charge >= 0.3 is 0 Å². The number of nitrogens with zero attached hydrogens (tertiary/aromatic N) is 1. The maximum Gasteiger partial charge on any atom is 0.119 e. The van der Waals surface area contributed by atoms with E-state index in [1.165, 1.54) is 11.1 Å². The van der Waals surface area contributed by atoms with Gasteiger partial charge < -0.3 is 4.74 Å². The molecule has 86 valence electrons. The predicted molar refractivity (Wildman–Crippen MR) is 67.7 cm³/mol. The first-order valence-electron chi connectivity index (χ1n) is 5.45. The zero-order valence-corrected chi connectivity index (χ0v) is 10.3. The average molecular weight is 217 g/mol. The van der Waals surface area contributed by atoms with Crippen LogP contribution in [0, 0.1) is 26.2 Å². The third-order valence-corrected chi connectivity index (χ3v) is 2.30. The molecule has 0 spiro atoms. The number of hydrogen-bond donors (Lipinski definition) is 0. The molecule has 0 saturated carbocycles. The molecule has 0 aliphatic carbocycles. The van der Waals surface area contributed by atoms with Crippen molar-refractivity contribution in [3.63, 3.8) is 0 Å². The molecule has 0 N–H and O–H groups in total. The lowest BCUT2D eigenvalue weighted by Crippen LogP contribution is -2.24. The Morgan fingerprint density at radius 2 is 1.88 bits per heavy atom. The summed E-state index contributed by atoms with van der Waals surface area (Å²) in [5.41, 5.74) is 2.46. The van der Waals surface area contributed by atoms with E-state index in [0.29, 0.717) is 13.2 Å². The van der Waals surface area contributed by atoms with Crippen molar-refractivity contribution in [2.45, 2.75) is 13.8 Å². The normalized spacial score (nSPS) is 10.2. The summed E-state index contributed by atoms with van der Waals surface area (Å²) in [5, 5.41) is 0. The number of terminal acetylenes is 1. The van der Waals surface area contributed by atoms with E-state index < -0.39 is 0 Å². The Morgan fingerprint density at radius 1 is 1.25 bits per heavy atom. The fraction of sp³-hybridized carbons (Fsp3) is 0.429. The van der Waals surface area contributed by atoms with Crippen molar-refractivity contribution < 1.29 is 4.74 Å². The van der Waals surface area contributed by atoms with Crippen LogP contribution in [-0.4, -0.2) is 31.6 Å². The minimum Gasteiger partial charge on any atom is -0.492 e. The molecule has 0 atom stereocenters. The quantitative estimate of drug-likeness (QED) is 0.701. The Bertz CT molecular complexity index is 359. The van der Waals surface area contributed by atoms with E-state index >= 15 is 0 Å². The van der Waals surface area contributed by atoms with Crippen molar-refractivity contribution >= 4 is 0 Å². The minimum absolute atomic E-state index is 0.663. The van der Waals surface area contributed by atoms with Crippen LogP contribution in [0.25, 0.3) is 0 Å². The summed E-state index contributed by atoms with van der Waals surface area (Å²) in [4.78, 5) is 2.06. The predicted octanol–water partition coefficient (Wildman–Crippen LogP) is 2.25. The van der Waals surface area contributed by atoms with Crippen molar-refractivity contribution in [2.24, 2.45) is 0 Å². The minimum atomic E-state index is 0.663. The molecule has 1 rings (SSSR count). The van der Waals surface area contributed by atoms with Gasteiger partial charge in [-0.05, 0) is 44.2 Å². The van der Waals surface area contributed by atoms with E-state index in [1.54, 1.807) is 0 Å². The number of aryl methyl sites for hydroxylation is 2. The summed E-state index contributed by atoms with van der Waals surface area (Å²) in [5.74, 6) is 3.54. The van der Waals surface area contributed by atoms with Gasteiger partial charge in [0.25, 0.3) is 0 Å². The summed E-state index contributed by atoms with van der Waals surface area (Å²) in [6.07, 6.45) is 5.22. The summed E-state index contributed by atoms with van der Waals surface area (Å²) < 4.78 is 5.67. The fourth-order valence-corrected chi connectivity index (χ4v) is 1.57. The van der Waals surface area contributed by atoms with E-state index in [9.17, 15) is 0 Å². The van der Waals surface area contributed by atoms with Crippen molar-refractivity contribution in [1.29, 1.82) is 0 Å². The molecule has 0 amide bonds. The van der Waals surface area contributed by atoms with Crippen molar-refractivity contribution in [3.8, 4) is 18.1 Å². The molecular formula is C14H19NO. The van der Waals surface area contributed by atoms with Gasteiger partial charge in [-0.15, -0.1) is 6.42 Å². The third-order valence-electron chi connectivity index (χ3n) is 2.30. The van der Waals surface area contributed by atoms with Crippen LogP contribution >= 0.6 is 0 Å². The van der Waals surface area contributed by atoms with Gasteiger partial charge in [-0.1, -0.05) is 12.0 Å². The summed E-state index contributed by atoms with van der Waals surface area (Å²) >= 11 is 0. The van der Waals surface area contributed by atoms with Crippen molar-refractivity contribution in [3.05, 3.63) is 29.3 Å². The molecular weight excluding hydrogens is 198 g/mol. The lowest BCUT2D eigenvalue weighted by Gasteiger charge is -2.14. The third kappa shape index (κ3) is 4.37. The molecule has 0 aromatic heterocycles. The number of rotatable bonds is 5. The van der Waals surface area contributed by atoms with Gasteiger partial charge in [0.2, 0.25) is 0 Å². The Labute approximate surface area is 98.2 Å². The van der Waals surface area contributed by atoms with Crippen LogP contribution in [0.1, 0.15) is 11.1 Å². The highest BCUT2D eigenvalue weighted by Crippen LogP contribution is 2.15. The van der Waals surface area contributed by atoms with Gasteiger partial charge in [0.1, 0.15) is 12.4 Å². The van der Waals surface area contributed by atoms with Crippen LogP contribution in [0.3, 0.4) is 0 Å². The SMILES string of the molecule is C#CCN(C)CCOc1cc(C)cc(C)c1. The molecule has 2 heteroatoms. The van der Waals surface area contributed by atoms with Gasteiger partial charge in [0.15, 0.2) is 0 Å².